The number of carbonyl (C=O) groups excluding carboxylic acids is 2. The third-order valence-corrected chi connectivity index (χ3v) is 6.58. The van der Waals surface area contributed by atoms with E-state index in [1.165, 1.54) is 6.92 Å². The summed E-state index contributed by atoms with van der Waals surface area (Å²) < 4.78 is 18.6. The molecule has 0 atom stereocenters. The van der Waals surface area contributed by atoms with Crippen LogP contribution in [-0.2, 0) is 27.3 Å². The molecule has 0 aliphatic rings. The molecular formula is C33H28ClNO5. The Morgan fingerprint density at radius 1 is 0.825 bits per heavy atom. The lowest BCUT2D eigenvalue weighted by Gasteiger charge is -2.10. The predicted octanol–water partition coefficient (Wildman–Crippen LogP) is 7.83. The molecule has 0 aliphatic carbocycles. The lowest BCUT2D eigenvalue weighted by molar-refractivity contribution is -0.142. The summed E-state index contributed by atoms with van der Waals surface area (Å²) in [6, 6.07) is 28.7. The largest absolute Gasteiger partial charge is 0.466 e. The predicted molar refractivity (Wildman–Crippen MR) is 156 cm³/mol. The normalized spacial score (nSPS) is 10.9. The van der Waals surface area contributed by atoms with Gasteiger partial charge in [-0.05, 0) is 77.7 Å². The van der Waals surface area contributed by atoms with Crippen LogP contribution in [0, 0.1) is 0 Å². The first kappa shape index (κ1) is 27.0. The quantitative estimate of drug-likeness (QED) is 0.137. The van der Waals surface area contributed by atoms with Crippen LogP contribution in [-0.4, -0.2) is 23.1 Å². The van der Waals surface area contributed by atoms with E-state index in [4.69, 9.17) is 25.8 Å². The fourth-order valence-corrected chi connectivity index (χ4v) is 4.80. The highest BCUT2D eigenvalue weighted by molar-refractivity contribution is 6.30. The average Bonchev–Trinajstić information content (AvgIpc) is 3.25. The lowest BCUT2D eigenvalue weighted by Crippen LogP contribution is -2.07. The minimum absolute atomic E-state index is 0.186. The standard InChI is InChI=1S/C33H28ClNO5/c1-3-38-33(37)18-26-21-35(20-23-10-13-28(14-11-23)40-30-9-5-7-27(34)19-30)32-17-25(12-15-31(26)32)24-6-4-8-29(16-24)39-22(2)36/h4-17,19,21H,3,18,20H2,1-2H3. The van der Waals surface area contributed by atoms with Gasteiger partial charge in [0.2, 0.25) is 0 Å². The molecule has 0 saturated heterocycles. The van der Waals surface area contributed by atoms with Gasteiger partial charge in [-0.25, -0.2) is 0 Å². The maximum atomic E-state index is 12.4. The zero-order chi connectivity index (χ0) is 28.1. The van der Waals surface area contributed by atoms with E-state index in [9.17, 15) is 9.59 Å². The summed E-state index contributed by atoms with van der Waals surface area (Å²) >= 11 is 6.07. The van der Waals surface area contributed by atoms with Crippen LogP contribution in [0.5, 0.6) is 17.2 Å². The second-order valence-corrected chi connectivity index (χ2v) is 9.76. The third-order valence-electron chi connectivity index (χ3n) is 6.34. The molecule has 0 saturated carbocycles. The fourth-order valence-electron chi connectivity index (χ4n) is 4.62. The number of carbonyl (C=O) groups is 2. The summed E-state index contributed by atoms with van der Waals surface area (Å²) in [5, 5.41) is 1.60. The Labute approximate surface area is 237 Å². The van der Waals surface area contributed by atoms with Crippen LogP contribution in [0.25, 0.3) is 22.0 Å². The molecule has 5 aromatic rings. The molecule has 0 amide bonds. The molecule has 6 nitrogen and oxygen atoms in total. The number of rotatable bonds is 9. The number of halogens is 1. The Morgan fingerprint density at radius 3 is 2.33 bits per heavy atom. The molecule has 7 heteroatoms. The Kier molecular flexibility index (Phi) is 8.18. The number of benzene rings is 4. The van der Waals surface area contributed by atoms with Crippen molar-refractivity contribution in [3.63, 3.8) is 0 Å². The SMILES string of the molecule is CCOC(=O)Cc1cn(Cc2ccc(Oc3cccc(Cl)c3)cc2)c2cc(-c3cccc(OC(C)=O)c3)ccc12. The highest BCUT2D eigenvalue weighted by Crippen LogP contribution is 2.31. The van der Waals surface area contributed by atoms with Crippen LogP contribution >= 0.6 is 11.6 Å². The second-order valence-electron chi connectivity index (χ2n) is 9.32. The van der Waals surface area contributed by atoms with E-state index in [2.05, 4.69) is 10.6 Å². The van der Waals surface area contributed by atoms with Crippen molar-refractivity contribution in [2.45, 2.75) is 26.8 Å². The topological polar surface area (TPSA) is 66.8 Å². The Balaban J connectivity index is 1.46. The molecule has 0 spiro atoms. The van der Waals surface area contributed by atoms with Crippen molar-refractivity contribution in [2.24, 2.45) is 0 Å². The van der Waals surface area contributed by atoms with Gasteiger partial charge in [-0.15, -0.1) is 0 Å². The molecule has 0 bridgehead atoms. The molecule has 1 aromatic heterocycles. The van der Waals surface area contributed by atoms with Crippen molar-refractivity contribution in [2.75, 3.05) is 6.61 Å². The van der Waals surface area contributed by atoms with Crippen molar-refractivity contribution in [1.29, 1.82) is 0 Å². The van der Waals surface area contributed by atoms with Gasteiger partial charge in [0, 0.05) is 35.6 Å². The van der Waals surface area contributed by atoms with Gasteiger partial charge >= 0.3 is 11.9 Å². The fraction of sp³-hybridized carbons (Fsp3) is 0.152. The minimum atomic E-state index is -0.367. The zero-order valence-electron chi connectivity index (χ0n) is 22.2. The van der Waals surface area contributed by atoms with E-state index in [-0.39, 0.29) is 18.4 Å². The van der Waals surface area contributed by atoms with Gasteiger partial charge < -0.3 is 18.8 Å². The van der Waals surface area contributed by atoms with E-state index in [0.717, 1.165) is 33.2 Å². The second kappa shape index (κ2) is 12.1. The van der Waals surface area contributed by atoms with E-state index in [0.29, 0.717) is 35.4 Å². The molecule has 0 fully saturated rings. The smallest absolute Gasteiger partial charge is 0.310 e. The number of ether oxygens (including phenoxy) is 3. The van der Waals surface area contributed by atoms with Crippen LogP contribution in [0.3, 0.4) is 0 Å². The van der Waals surface area contributed by atoms with E-state index < -0.39 is 0 Å². The van der Waals surface area contributed by atoms with Gasteiger partial charge in [0.1, 0.15) is 17.2 Å². The summed E-state index contributed by atoms with van der Waals surface area (Å²) in [5.41, 5.74) is 4.83. The Hall–Kier alpha value is -4.55. The van der Waals surface area contributed by atoms with Crippen LogP contribution < -0.4 is 9.47 Å². The van der Waals surface area contributed by atoms with Gasteiger partial charge in [-0.2, -0.15) is 0 Å². The van der Waals surface area contributed by atoms with Gasteiger partial charge in [0.25, 0.3) is 0 Å². The van der Waals surface area contributed by atoms with Crippen molar-refractivity contribution in [3.8, 4) is 28.4 Å². The summed E-state index contributed by atoms with van der Waals surface area (Å²) in [6.07, 6.45) is 2.20. The molecular weight excluding hydrogens is 526 g/mol. The first-order chi connectivity index (χ1) is 19.4. The molecule has 202 valence electrons. The molecule has 0 unspecified atom stereocenters. The number of hydrogen-bond acceptors (Lipinski definition) is 5. The Morgan fingerprint density at radius 2 is 1.57 bits per heavy atom. The lowest BCUT2D eigenvalue weighted by atomic mass is 10.0. The van der Waals surface area contributed by atoms with E-state index in [1.54, 1.807) is 25.1 Å². The molecule has 4 aromatic carbocycles. The summed E-state index contributed by atoms with van der Waals surface area (Å²) in [4.78, 5) is 23.8. The van der Waals surface area contributed by atoms with Crippen molar-refractivity contribution in [1.82, 2.24) is 4.57 Å². The van der Waals surface area contributed by atoms with Crippen LogP contribution in [0.2, 0.25) is 5.02 Å². The molecule has 0 radical (unpaired) electrons. The number of fused-ring (bicyclic) bond motifs is 1. The molecule has 1 heterocycles. The Bertz CT molecular complexity index is 1670. The number of hydrogen-bond donors (Lipinski definition) is 0. The van der Waals surface area contributed by atoms with Crippen LogP contribution in [0.15, 0.2) is 97.2 Å². The monoisotopic (exact) mass is 553 g/mol. The molecule has 0 N–H and O–H groups in total. The number of esters is 2. The van der Waals surface area contributed by atoms with Crippen molar-refractivity contribution < 1.29 is 23.8 Å². The van der Waals surface area contributed by atoms with Gasteiger partial charge in [-0.3, -0.25) is 9.59 Å². The highest BCUT2D eigenvalue weighted by atomic mass is 35.5. The third kappa shape index (κ3) is 6.53. The molecule has 0 aliphatic heterocycles. The maximum Gasteiger partial charge on any atom is 0.310 e. The van der Waals surface area contributed by atoms with Crippen molar-refractivity contribution >= 4 is 34.4 Å². The van der Waals surface area contributed by atoms with Crippen molar-refractivity contribution in [3.05, 3.63) is 113 Å². The minimum Gasteiger partial charge on any atom is -0.466 e. The first-order valence-electron chi connectivity index (χ1n) is 13.0. The maximum absolute atomic E-state index is 12.4. The highest BCUT2D eigenvalue weighted by Gasteiger charge is 2.15. The molecule has 40 heavy (non-hydrogen) atoms. The van der Waals surface area contributed by atoms with Gasteiger partial charge in [0.05, 0.1) is 13.0 Å². The van der Waals surface area contributed by atoms with Gasteiger partial charge in [0.15, 0.2) is 0 Å². The number of nitrogens with zero attached hydrogens (tertiary/aromatic N) is 1. The summed E-state index contributed by atoms with van der Waals surface area (Å²) in [5.74, 6) is 1.24. The van der Waals surface area contributed by atoms with Gasteiger partial charge in [-0.1, -0.05) is 54.1 Å². The van der Waals surface area contributed by atoms with E-state index >= 15 is 0 Å². The van der Waals surface area contributed by atoms with Crippen LogP contribution in [0.4, 0.5) is 0 Å². The first-order valence-corrected chi connectivity index (χ1v) is 13.3. The summed E-state index contributed by atoms with van der Waals surface area (Å²) in [6.45, 7) is 4.11. The summed E-state index contributed by atoms with van der Waals surface area (Å²) in [7, 11) is 0. The van der Waals surface area contributed by atoms with E-state index in [1.807, 2.05) is 72.9 Å². The average molecular weight is 554 g/mol. The molecule has 5 rings (SSSR count). The zero-order valence-corrected chi connectivity index (χ0v) is 23.0. The number of aromatic nitrogens is 1. The van der Waals surface area contributed by atoms with Crippen LogP contribution in [0.1, 0.15) is 25.0 Å².